The number of nitrogens with zero attached hydrogens (tertiary/aromatic N) is 1. The first-order chi connectivity index (χ1) is 9.20. The van der Waals surface area contributed by atoms with Crippen molar-refractivity contribution in [3.8, 4) is 0 Å². The van der Waals surface area contributed by atoms with Crippen LogP contribution >= 0.6 is 0 Å². The van der Waals surface area contributed by atoms with Crippen LogP contribution in [0, 0.1) is 5.82 Å². The molecule has 1 aromatic rings. The number of aliphatic hydroxyl groups excluding tert-OH is 1. The number of hydrogen-bond donors (Lipinski definition) is 2. The highest BCUT2D eigenvalue weighted by Crippen LogP contribution is 2.25. The van der Waals surface area contributed by atoms with Crippen molar-refractivity contribution in [1.29, 1.82) is 0 Å². The number of halogens is 1. The normalized spacial score (nSPS) is 25.8. The van der Waals surface area contributed by atoms with E-state index < -0.39 is 11.9 Å². The van der Waals surface area contributed by atoms with Crippen LogP contribution < -0.4 is 5.32 Å². The van der Waals surface area contributed by atoms with Crippen LogP contribution in [0.3, 0.4) is 0 Å². The molecule has 1 aliphatic heterocycles. The lowest BCUT2D eigenvalue weighted by atomic mass is 9.99. The van der Waals surface area contributed by atoms with Gasteiger partial charge in [-0.25, -0.2) is 4.39 Å². The summed E-state index contributed by atoms with van der Waals surface area (Å²) in [6.45, 7) is 2.18. The fourth-order valence-corrected chi connectivity index (χ4v) is 2.87. The average molecular weight is 266 g/mol. The van der Waals surface area contributed by atoms with Gasteiger partial charge in [0.1, 0.15) is 5.82 Å². The summed E-state index contributed by atoms with van der Waals surface area (Å²) in [5.41, 5.74) is 0.564. The Kier molecular flexibility index (Phi) is 5.28. The molecule has 4 heteroatoms. The van der Waals surface area contributed by atoms with E-state index in [1.54, 1.807) is 6.20 Å². The van der Waals surface area contributed by atoms with Crippen molar-refractivity contribution < 1.29 is 9.50 Å². The molecule has 0 aromatic carbocycles. The minimum Gasteiger partial charge on any atom is -0.387 e. The molecule has 106 valence electrons. The third-order valence-electron chi connectivity index (χ3n) is 3.85. The number of pyridine rings is 1. The van der Waals surface area contributed by atoms with E-state index in [0.29, 0.717) is 11.6 Å². The van der Waals surface area contributed by atoms with Crippen LogP contribution in [0.4, 0.5) is 4.39 Å². The van der Waals surface area contributed by atoms with E-state index in [4.69, 9.17) is 0 Å². The Bertz CT molecular complexity index is 399. The van der Waals surface area contributed by atoms with Crippen molar-refractivity contribution >= 4 is 0 Å². The van der Waals surface area contributed by atoms with Gasteiger partial charge in [0.25, 0.3) is 0 Å². The summed E-state index contributed by atoms with van der Waals surface area (Å²) in [6.07, 6.45) is 8.70. The third-order valence-corrected chi connectivity index (χ3v) is 3.85. The minimum absolute atomic E-state index is 0.00245. The molecule has 0 amide bonds. The number of nitrogens with one attached hydrogen (secondary N) is 1. The van der Waals surface area contributed by atoms with Gasteiger partial charge in [-0.05, 0) is 25.3 Å². The van der Waals surface area contributed by atoms with E-state index >= 15 is 0 Å². The lowest BCUT2D eigenvalue weighted by molar-refractivity contribution is 0.118. The van der Waals surface area contributed by atoms with Gasteiger partial charge in [-0.3, -0.25) is 4.98 Å². The second-order valence-corrected chi connectivity index (χ2v) is 5.42. The van der Waals surface area contributed by atoms with Crippen LogP contribution in [0.1, 0.15) is 57.1 Å². The number of aromatic nitrogens is 1. The van der Waals surface area contributed by atoms with Gasteiger partial charge in [-0.15, -0.1) is 0 Å². The van der Waals surface area contributed by atoms with Crippen molar-refractivity contribution in [2.24, 2.45) is 0 Å². The maximum absolute atomic E-state index is 13.2. The van der Waals surface area contributed by atoms with E-state index in [1.165, 1.54) is 18.9 Å². The Morgan fingerprint density at radius 1 is 1.42 bits per heavy atom. The monoisotopic (exact) mass is 266 g/mol. The molecule has 0 saturated carbocycles. The SMILES string of the molecule is CCC[C@@H]1CCCC[C@H]([C@@H](O)c2cncc(F)c2)N1. The molecule has 2 rings (SSSR count). The topological polar surface area (TPSA) is 45.2 Å². The van der Waals surface area contributed by atoms with Crippen molar-refractivity contribution in [2.45, 2.75) is 63.6 Å². The smallest absolute Gasteiger partial charge is 0.141 e. The molecule has 0 aliphatic carbocycles. The van der Waals surface area contributed by atoms with Gasteiger partial charge in [0.15, 0.2) is 0 Å². The van der Waals surface area contributed by atoms with Crippen molar-refractivity contribution in [3.63, 3.8) is 0 Å². The molecule has 0 radical (unpaired) electrons. The van der Waals surface area contributed by atoms with Gasteiger partial charge >= 0.3 is 0 Å². The molecule has 1 fully saturated rings. The second-order valence-electron chi connectivity index (χ2n) is 5.42. The average Bonchev–Trinajstić information content (AvgIpc) is 2.64. The Labute approximate surface area is 114 Å². The van der Waals surface area contributed by atoms with Gasteiger partial charge in [-0.2, -0.15) is 0 Å². The summed E-state index contributed by atoms with van der Waals surface area (Å²) < 4.78 is 13.2. The molecule has 3 atom stereocenters. The Balaban J connectivity index is 2.06. The molecule has 2 N–H and O–H groups in total. The molecule has 0 spiro atoms. The fraction of sp³-hybridized carbons (Fsp3) is 0.667. The number of hydrogen-bond acceptors (Lipinski definition) is 3. The Hall–Kier alpha value is -1.00. The maximum Gasteiger partial charge on any atom is 0.141 e. The first-order valence-electron chi connectivity index (χ1n) is 7.25. The maximum atomic E-state index is 13.2. The van der Waals surface area contributed by atoms with Gasteiger partial charge in [-0.1, -0.05) is 26.2 Å². The van der Waals surface area contributed by atoms with Crippen LogP contribution in [-0.4, -0.2) is 22.2 Å². The summed E-state index contributed by atoms with van der Waals surface area (Å²) in [5.74, 6) is -0.393. The summed E-state index contributed by atoms with van der Waals surface area (Å²) in [7, 11) is 0. The summed E-state index contributed by atoms with van der Waals surface area (Å²) in [4.78, 5) is 3.82. The van der Waals surface area contributed by atoms with Gasteiger partial charge in [0, 0.05) is 23.8 Å². The summed E-state index contributed by atoms with van der Waals surface area (Å²) in [5, 5.41) is 13.9. The van der Waals surface area contributed by atoms with Gasteiger partial charge in [0.05, 0.1) is 12.3 Å². The van der Waals surface area contributed by atoms with Crippen molar-refractivity contribution in [2.75, 3.05) is 0 Å². The van der Waals surface area contributed by atoms with Crippen LogP contribution in [0.5, 0.6) is 0 Å². The molecular formula is C15H23FN2O. The van der Waals surface area contributed by atoms with E-state index in [-0.39, 0.29) is 6.04 Å². The fourth-order valence-electron chi connectivity index (χ4n) is 2.87. The lowest BCUT2D eigenvalue weighted by Crippen LogP contribution is -2.40. The van der Waals surface area contributed by atoms with E-state index in [9.17, 15) is 9.50 Å². The highest BCUT2D eigenvalue weighted by Gasteiger charge is 2.26. The predicted octanol–water partition coefficient (Wildman–Crippen LogP) is 2.96. The molecule has 1 aliphatic rings. The van der Waals surface area contributed by atoms with E-state index in [1.807, 2.05) is 0 Å². The van der Waals surface area contributed by atoms with Crippen LogP contribution in [0.2, 0.25) is 0 Å². The first-order valence-corrected chi connectivity index (χ1v) is 7.25. The summed E-state index contributed by atoms with van der Waals surface area (Å²) in [6, 6.07) is 1.84. The molecule has 1 saturated heterocycles. The highest BCUT2D eigenvalue weighted by atomic mass is 19.1. The molecule has 3 nitrogen and oxygen atoms in total. The first kappa shape index (κ1) is 14.4. The second kappa shape index (κ2) is 6.96. The minimum atomic E-state index is -0.680. The quantitative estimate of drug-likeness (QED) is 0.880. The molecule has 0 unspecified atom stereocenters. The van der Waals surface area contributed by atoms with Crippen LogP contribution in [-0.2, 0) is 0 Å². The highest BCUT2D eigenvalue weighted by molar-refractivity contribution is 5.15. The van der Waals surface area contributed by atoms with Crippen LogP contribution in [0.15, 0.2) is 18.5 Å². The standard InChI is InChI=1S/C15H23FN2O/c1-2-5-13-6-3-4-7-14(18-13)15(19)11-8-12(16)10-17-9-11/h8-10,13-15,18-19H,2-7H2,1H3/t13-,14-,15+/m1/s1. The molecular weight excluding hydrogens is 243 g/mol. The Morgan fingerprint density at radius 2 is 2.21 bits per heavy atom. The Morgan fingerprint density at radius 3 is 2.95 bits per heavy atom. The molecule has 1 aromatic heterocycles. The zero-order valence-corrected chi connectivity index (χ0v) is 11.5. The summed E-state index contributed by atoms with van der Waals surface area (Å²) >= 11 is 0. The number of aliphatic hydroxyl groups is 1. The molecule has 19 heavy (non-hydrogen) atoms. The number of rotatable bonds is 4. The van der Waals surface area contributed by atoms with Gasteiger partial charge in [0.2, 0.25) is 0 Å². The zero-order valence-electron chi connectivity index (χ0n) is 11.5. The van der Waals surface area contributed by atoms with E-state index in [0.717, 1.165) is 31.9 Å². The zero-order chi connectivity index (χ0) is 13.7. The van der Waals surface area contributed by atoms with Crippen molar-refractivity contribution in [1.82, 2.24) is 10.3 Å². The largest absolute Gasteiger partial charge is 0.387 e. The molecule has 2 heterocycles. The van der Waals surface area contributed by atoms with Gasteiger partial charge < -0.3 is 10.4 Å². The van der Waals surface area contributed by atoms with Crippen molar-refractivity contribution in [3.05, 3.63) is 29.8 Å². The van der Waals surface area contributed by atoms with E-state index in [2.05, 4.69) is 17.2 Å². The predicted molar refractivity (Wildman–Crippen MR) is 73.2 cm³/mol. The molecule has 0 bridgehead atoms. The van der Waals surface area contributed by atoms with Crippen LogP contribution in [0.25, 0.3) is 0 Å². The third kappa shape index (κ3) is 3.98. The lowest BCUT2D eigenvalue weighted by Gasteiger charge is -2.26.